The normalized spacial score (nSPS) is 12.7. The zero-order valence-corrected chi connectivity index (χ0v) is 11.9. The molecule has 4 heteroatoms. The zero-order chi connectivity index (χ0) is 12.4. The van der Waals surface area contributed by atoms with Crippen LogP contribution in [0, 0.1) is 0 Å². The maximum absolute atomic E-state index is 4.47. The highest BCUT2D eigenvalue weighted by Crippen LogP contribution is 2.26. The van der Waals surface area contributed by atoms with Gasteiger partial charge in [-0.05, 0) is 41.4 Å². The van der Waals surface area contributed by atoms with Crippen molar-refractivity contribution in [3.63, 3.8) is 0 Å². The maximum atomic E-state index is 4.47. The third-order valence-corrected chi connectivity index (χ3v) is 3.59. The van der Waals surface area contributed by atoms with Gasteiger partial charge in [0.25, 0.3) is 0 Å². The summed E-state index contributed by atoms with van der Waals surface area (Å²) in [5.74, 6) is 0. The van der Waals surface area contributed by atoms with Crippen LogP contribution in [0.1, 0.15) is 20.3 Å². The monoisotopic (exact) mass is 293 g/mol. The summed E-state index contributed by atoms with van der Waals surface area (Å²) in [7, 11) is 2.10. The van der Waals surface area contributed by atoms with Crippen LogP contribution >= 0.6 is 15.9 Å². The average molecular weight is 294 g/mol. The lowest BCUT2D eigenvalue weighted by atomic mass is 10.2. The molecule has 0 N–H and O–H groups in total. The van der Waals surface area contributed by atoms with Gasteiger partial charge in [-0.1, -0.05) is 6.92 Å². The van der Waals surface area contributed by atoms with Crippen molar-refractivity contribution in [1.82, 2.24) is 9.97 Å². The number of hydrogen-bond donors (Lipinski definition) is 0. The lowest BCUT2D eigenvalue weighted by Crippen LogP contribution is -2.28. The molecule has 0 radical (unpaired) electrons. The van der Waals surface area contributed by atoms with Crippen molar-refractivity contribution in [3.05, 3.63) is 29.0 Å². The molecule has 0 aromatic carbocycles. The van der Waals surface area contributed by atoms with Gasteiger partial charge in [0.15, 0.2) is 0 Å². The number of hydrogen-bond acceptors (Lipinski definition) is 3. The van der Waals surface area contributed by atoms with Crippen LogP contribution in [0.2, 0.25) is 0 Å². The van der Waals surface area contributed by atoms with E-state index in [1.807, 2.05) is 24.5 Å². The Morgan fingerprint density at radius 1 is 1.41 bits per heavy atom. The van der Waals surface area contributed by atoms with Crippen LogP contribution in [-0.2, 0) is 0 Å². The molecule has 1 atom stereocenters. The minimum absolute atomic E-state index is 0.492. The van der Waals surface area contributed by atoms with E-state index < -0.39 is 0 Å². The minimum Gasteiger partial charge on any atom is -0.370 e. The number of rotatable bonds is 3. The topological polar surface area (TPSA) is 29.0 Å². The molecule has 0 saturated heterocycles. The predicted octanol–water partition coefficient (Wildman–Crippen LogP) is 3.63. The molecule has 2 aromatic rings. The molecule has 90 valence electrons. The summed E-state index contributed by atoms with van der Waals surface area (Å²) in [5.41, 5.74) is 3.02. The van der Waals surface area contributed by atoms with Gasteiger partial charge in [-0.2, -0.15) is 0 Å². The van der Waals surface area contributed by atoms with Crippen LogP contribution in [0.4, 0.5) is 5.69 Å². The highest BCUT2D eigenvalue weighted by molar-refractivity contribution is 9.10. The summed E-state index contributed by atoms with van der Waals surface area (Å²) in [6.07, 6.45) is 4.76. The van der Waals surface area contributed by atoms with Crippen molar-refractivity contribution in [2.45, 2.75) is 26.3 Å². The first-order chi connectivity index (χ1) is 8.13. The first-order valence-electron chi connectivity index (χ1n) is 5.76. The van der Waals surface area contributed by atoms with Crippen molar-refractivity contribution < 1.29 is 0 Å². The van der Waals surface area contributed by atoms with E-state index in [0.717, 1.165) is 27.6 Å². The number of pyridine rings is 2. The summed E-state index contributed by atoms with van der Waals surface area (Å²) >= 11 is 3.42. The van der Waals surface area contributed by atoms with Crippen LogP contribution in [0.15, 0.2) is 29.0 Å². The Balaban J connectivity index is 2.54. The van der Waals surface area contributed by atoms with Gasteiger partial charge in [0.2, 0.25) is 0 Å². The number of fused-ring (bicyclic) bond motifs is 1. The molecule has 0 bridgehead atoms. The van der Waals surface area contributed by atoms with E-state index in [0.29, 0.717) is 6.04 Å². The second kappa shape index (κ2) is 5.00. The van der Waals surface area contributed by atoms with Gasteiger partial charge in [-0.3, -0.25) is 9.97 Å². The van der Waals surface area contributed by atoms with Crippen LogP contribution < -0.4 is 4.90 Å². The Morgan fingerprint density at radius 2 is 2.18 bits per heavy atom. The van der Waals surface area contributed by atoms with Crippen LogP contribution in [0.3, 0.4) is 0 Å². The number of halogens is 1. The number of nitrogens with zero attached hydrogens (tertiary/aromatic N) is 3. The molecule has 0 spiro atoms. The molecular weight excluding hydrogens is 278 g/mol. The van der Waals surface area contributed by atoms with Gasteiger partial charge in [0, 0.05) is 30.0 Å². The largest absolute Gasteiger partial charge is 0.370 e. The molecule has 0 aliphatic carbocycles. The molecule has 17 heavy (non-hydrogen) atoms. The molecule has 2 rings (SSSR count). The van der Waals surface area contributed by atoms with Crippen molar-refractivity contribution in [3.8, 4) is 0 Å². The van der Waals surface area contributed by atoms with Crippen LogP contribution in [0.5, 0.6) is 0 Å². The van der Waals surface area contributed by atoms with E-state index in [1.54, 1.807) is 0 Å². The van der Waals surface area contributed by atoms with Gasteiger partial charge >= 0.3 is 0 Å². The average Bonchev–Trinajstić information content (AvgIpc) is 2.35. The van der Waals surface area contributed by atoms with Gasteiger partial charge in [0.05, 0.1) is 11.2 Å². The Kier molecular flexibility index (Phi) is 3.62. The summed E-state index contributed by atoms with van der Waals surface area (Å²) in [6, 6.07) is 4.51. The molecule has 0 amide bonds. The first-order valence-corrected chi connectivity index (χ1v) is 6.56. The summed E-state index contributed by atoms with van der Waals surface area (Å²) < 4.78 is 0.959. The predicted molar refractivity (Wildman–Crippen MR) is 75.4 cm³/mol. The lowest BCUT2D eigenvalue weighted by molar-refractivity contribution is 0.665. The van der Waals surface area contributed by atoms with E-state index in [1.165, 1.54) is 0 Å². The van der Waals surface area contributed by atoms with E-state index in [-0.39, 0.29) is 0 Å². The smallest absolute Gasteiger partial charge is 0.112 e. The molecule has 0 aliphatic rings. The molecule has 2 heterocycles. The molecule has 1 unspecified atom stereocenters. The van der Waals surface area contributed by atoms with E-state index in [2.05, 4.69) is 51.7 Å². The second-order valence-electron chi connectivity index (χ2n) is 4.22. The highest BCUT2D eigenvalue weighted by Gasteiger charge is 2.12. The summed E-state index contributed by atoms with van der Waals surface area (Å²) in [5, 5.41) is 0. The highest BCUT2D eigenvalue weighted by atomic mass is 79.9. The SMILES string of the molecule is CCC(C)N(C)c1ccnc2cc(Br)cnc12. The zero-order valence-electron chi connectivity index (χ0n) is 10.3. The molecule has 3 nitrogen and oxygen atoms in total. The van der Waals surface area contributed by atoms with Crippen LogP contribution in [0.25, 0.3) is 11.0 Å². The fourth-order valence-electron chi connectivity index (χ4n) is 1.79. The molecular formula is C13H16BrN3. The summed E-state index contributed by atoms with van der Waals surface area (Å²) in [6.45, 7) is 4.40. The number of anilines is 1. The van der Waals surface area contributed by atoms with Gasteiger partial charge in [0.1, 0.15) is 5.52 Å². The van der Waals surface area contributed by atoms with E-state index in [4.69, 9.17) is 0 Å². The van der Waals surface area contributed by atoms with Crippen molar-refractivity contribution in [2.75, 3.05) is 11.9 Å². The third kappa shape index (κ3) is 2.41. The van der Waals surface area contributed by atoms with E-state index in [9.17, 15) is 0 Å². The van der Waals surface area contributed by atoms with Gasteiger partial charge in [-0.15, -0.1) is 0 Å². The quantitative estimate of drug-likeness (QED) is 0.865. The van der Waals surface area contributed by atoms with Crippen molar-refractivity contribution >= 4 is 32.7 Å². The number of aromatic nitrogens is 2. The fraction of sp³-hybridized carbons (Fsp3) is 0.385. The van der Waals surface area contributed by atoms with Crippen LogP contribution in [-0.4, -0.2) is 23.1 Å². The molecule has 0 aliphatic heterocycles. The lowest BCUT2D eigenvalue weighted by Gasteiger charge is -2.26. The Morgan fingerprint density at radius 3 is 2.88 bits per heavy atom. The maximum Gasteiger partial charge on any atom is 0.112 e. The van der Waals surface area contributed by atoms with E-state index >= 15 is 0 Å². The molecule has 0 fully saturated rings. The van der Waals surface area contributed by atoms with Crippen molar-refractivity contribution in [1.29, 1.82) is 0 Å². The minimum atomic E-state index is 0.492. The Hall–Kier alpha value is -1.16. The standard InChI is InChI=1S/C13H16BrN3/c1-4-9(2)17(3)12-5-6-15-11-7-10(14)8-16-13(11)12/h5-9H,4H2,1-3H3. The fourth-order valence-corrected chi connectivity index (χ4v) is 2.11. The molecule has 0 saturated carbocycles. The Labute approximate surface area is 110 Å². The molecule has 2 aromatic heterocycles. The Bertz CT molecular complexity index is 527. The summed E-state index contributed by atoms with van der Waals surface area (Å²) in [4.78, 5) is 11.1. The third-order valence-electron chi connectivity index (χ3n) is 3.15. The first kappa shape index (κ1) is 12.3. The second-order valence-corrected chi connectivity index (χ2v) is 5.14. The van der Waals surface area contributed by atoms with Gasteiger partial charge in [-0.25, -0.2) is 0 Å². The van der Waals surface area contributed by atoms with Gasteiger partial charge < -0.3 is 4.90 Å². The van der Waals surface area contributed by atoms with Crippen molar-refractivity contribution in [2.24, 2.45) is 0 Å².